The third kappa shape index (κ3) is 12.9. The molecule has 0 saturated carbocycles. The Bertz CT molecular complexity index is 1160. The second-order valence-electron chi connectivity index (χ2n) is 13.7. The molecule has 2 rings (SSSR count). The van der Waals surface area contributed by atoms with Crippen LogP contribution in [0.4, 0.5) is 0 Å². The SMILES string of the molecule is COC(CN(C(=O)[C@@H](N)Cc1ccc(OC(C)(C)C)cc1)[C@@H](Cc1ccc(OC(C)(C)C)cc1)C(=O)OC(C)(C)C)OC. The Labute approximate surface area is 258 Å². The van der Waals surface area contributed by atoms with Crippen molar-refractivity contribution in [2.45, 2.75) is 110 Å². The standard InChI is InChI=1S/C34H52N2O7/c1-32(2,3)41-25-16-12-23(13-17-25)20-27(35)30(37)36(22-29(39-10)40-11)28(31(38)43-34(7,8)9)21-24-14-18-26(19-15-24)42-33(4,5)6/h12-19,27-29H,20-22,35H2,1-11H3/t27-,28-/m0/s1. The smallest absolute Gasteiger partial charge is 0.329 e. The number of carbonyl (C=O) groups is 2. The fraction of sp³-hybridized carbons (Fsp3) is 0.588. The molecule has 240 valence electrons. The van der Waals surface area contributed by atoms with E-state index in [9.17, 15) is 9.59 Å². The average Bonchev–Trinajstić information content (AvgIpc) is 2.87. The summed E-state index contributed by atoms with van der Waals surface area (Å²) < 4.78 is 28.5. The monoisotopic (exact) mass is 600 g/mol. The molecule has 2 atom stereocenters. The highest BCUT2D eigenvalue weighted by Gasteiger charge is 2.37. The molecule has 0 fully saturated rings. The molecule has 9 heteroatoms. The van der Waals surface area contributed by atoms with E-state index in [0.29, 0.717) is 5.75 Å². The van der Waals surface area contributed by atoms with Crippen LogP contribution >= 0.6 is 0 Å². The topological polar surface area (TPSA) is 110 Å². The van der Waals surface area contributed by atoms with Gasteiger partial charge in [0.05, 0.1) is 12.6 Å². The lowest BCUT2D eigenvalue weighted by Crippen LogP contribution is -2.56. The van der Waals surface area contributed by atoms with Crippen molar-refractivity contribution in [1.82, 2.24) is 4.90 Å². The molecule has 9 nitrogen and oxygen atoms in total. The lowest BCUT2D eigenvalue weighted by atomic mass is 10.0. The van der Waals surface area contributed by atoms with Gasteiger partial charge < -0.3 is 34.3 Å². The molecule has 2 aromatic carbocycles. The molecule has 0 heterocycles. The van der Waals surface area contributed by atoms with Gasteiger partial charge in [-0.3, -0.25) is 4.79 Å². The summed E-state index contributed by atoms with van der Waals surface area (Å²) in [6, 6.07) is 13.0. The molecule has 0 bridgehead atoms. The summed E-state index contributed by atoms with van der Waals surface area (Å²) in [5, 5.41) is 0. The molecule has 2 N–H and O–H groups in total. The van der Waals surface area contributed by atoms with Crippen LogP contribution in [0, 0.1) is 0 Å². The predicted octanol–water partition coefficient (Wildman–Crippen LogP) is 5.31. The summed E-state index contributed by atoms with van der Waals surface area (Å²) in [4.78, 5) is 29.1. The van der Waals surface area contributed by atoms with Gasteiger partial charge in [0.2, 0.25) is 5.91 Å². The quantitative estimate of drug-likeness (QED) is 0.243. The molecule has 0 unspecified atom stereocenters. The number of nitrogens with two attached hydrogens (primary N) is 1. The van der Waals surface area contributed by atoms with Crippen LogP contribution in [0.2, 0.25) is 0 Å². The zero-order valence-electron chi connectivity index (χ0n) is 27.9. The summed E-state index contributed by atoms with van der Waals surface area (Å²) in [6.45, 7) is 17.2. The molecule has 0 aliphatic carbocycles. The number of nitrogens with zero attached hydrogens (tertiary/aromatic N) is 1. The summed E-state index contributed by atoms with van der Waals surface area (Å²) in [6.07, 6.45) is -0.324. The number of hydrogen-bond acceptors (Lipinski definition) is 8. The highest BCUT2D eigenvalue weighted by molar-refractivity contribution is 5.88. The van der Waals surface area contributed by atoms with Crippen molar-refractivity contribution in [1.29, 1.82) is 0 Å². The molecular formula is C34H52N2O7. The van der Waals surface area contributed by atoms with Gasteiger partial charge in [-0.25, -0.2) is 4.79 Å². The molecule has 0 aromatic heterocycles. The highest BCUT2D eigenvalue weighted by Crippen LogP contribution is 2.23. The van der Waals surface area contributed by atoms with Gasteiger partial charge in [0, 0.05) is 20.6 Å². The second kappa shape index (κ2) is 15.0. The lowest BCUT2D eigenvalue weighted by molar-refractivity contribution is -0.171. The Balaban J connectivity index is 2.40. The van der Waals surface area contributed by atoms with E-state index in [2.05, 4.69) is 0 Å². The van der Waals surface area contributed by atoms with Crippen molar-refractivity contribution in [3.05, 3.63) is 59.7 Å². The molecule has 0 radical (unpaired) electrons. The highest BCUT2D eigenvalue weighted by atomic mass is 16.7. The fourth-order valence-electron chi connectivity index (χ4n) is 4.34. The third-order valence-electron chi connectivity index (χ3n) is 6.11. The van der Waals surface area contributed by atoms with Gasteiger partial charge in [0.1, 0.15) is 34.3 Å². The van der Waals surface area contributed by atoms with Gasteiger partial charge in [0.25, 0.3) is 0 Å². The van der Waals surface area contributed by atoms with E-state index in [1.165, 1.54) is 19.1 Å². The van der Waals surface area contributed by atoms with Crippen LogP contribution in [0.3, 0.4) is 0 Å². The van der Waals surface area contributed by atoms with E-state index in [-0.39, 0.29) is 30.6 Å². The maximum atomic E-state index is 14.0. The van der Waals surface area contributed by atoms with Crippen LogP contribution in [-0.2, 0) is 36.6 Å². The Morgan fingerprint density at radius 2 is 1.12 bits per heavy atom. The molecule has 0 saturated heterocycles. The largest absolute Gasteiger partial charge is 0.488 e. The molecule has 0 aliphatic rings. The van der Waals surface area contributed by atoms with Crippen molar-refractivity contribution in [3.8, 4) is 11.5 Å². The number of ether oxygens (including phenoxy) is 5. The number of carbonyl (C=O) groups excluding carboxylic acids is 2. The lowest BCUT2D eigenvalue weighted by Gasteiger charge is -2.35. The van der Waals surface area contributed by atoms with Crippen LogP contribution in [0.5, 0.6) is 11.5 Å². The maximum Gasteiger partial charge on any atom is 0.329 e. The zero-order chi connectivity index (χ0) is 32.6. The van der Waals surface area contributed by atoms with Crippen molar-refractivity contribution in [2.24, 2.45) is 5.73 Å². The average molecular weight is 601 g/mol. The number of rotatable bonds is 13. The van der Waals surface area contributed by atoms with Gasteiger partial charge in [-0.2, -0.15) is 0 Å². The van der Waals surface area contributed by atoms with Crippen LogP contribution in [0.1, 0.15) is 73.4 Å². The Morgan fingerprint density at radius 1 is 0.698 bits per heavy atom. The van der Waals surface area contributed by atoms with Gasteiger partial charge in [-0.05, 0) is 104 Å². The summed E-state index contributed by atoms with van der Waals surface area (Å²) in [5.74, 6) is 0.470. The number of hydrogen-bond donors (Lipinski definition) is 1. The Kier molecular flexibility index (Phi) is 12.6. The number of methoxy groups -OCH3 is 2. The first-order chi connectivity index (χ1) is 19.8. The normalized spacial score (nSPS) is 13.8. The maximum absolute atomic E-state index is 14.0. The van der Waals surface area contributed by atoms with E-state index in [0.717, 1.165) is 16.9 Å². The van der Waals surface area contributed by atoms with Crippen molar-refractivity contribution in [2.75, 3.05) is 20.8 Å². The molecular weight excluding hydrogens is 548 g/mol. The number of benzene rings is 2. The van der Waals surface area contributed by atoms with Crippen molar-refractivity contribution >= 4 is 11.9 Å². The summed E-state index contributed by atoms with van der Waals surface area (Å²) >= 11 is 0. The molecule has 0 aliphatic heterocycles. The first-order valence-corrected chi connectivity index (χ1v) is 14.7. The van der Waals surface area contributed by atoms with Crippen LogP contribution in [-0.4, -0.2) is 72.7 Å². The van der Waals surface area contributed by atoms with Crippen LogP contribution < -0.4 is 15.2 Å². The van der Waals surface area contributed by atoms with Crippen molar-refractivity contribution in [3.63, 3.8) is 0 Å². The summed E-state index contributed by atoms with van der Waals surface area (Å²) in [7, 11) is 2.96. The van der Waals surface area contributed by atoms with Gasteiger partial charge in [0.15, 0.2) is 6.29 Å². The molecule has 2 aromatic rings. The number of amides is 1. The summed E-state index contributed by atoms with van der Waals surface area (Å²) in [5.41, 5.74) is 6.75. The van der Waals surface area contributed by atoms with Crippen molar-refractivity contribution < 1.29 is 33.3 Å². The zero-order valence-corrected chi connectivity index (χ0v) is 27.9. The van der Waals surface area contributed by atoms with Gasteiger partial charge in [-0.1, -0.05) is 24.3 Å². The minimum Gasteiger partial charge on any atom is -0.488 e. The van der Waals surface area contributed by atoms with Crippen LogP contribution in [0.25, 0.3) is 0 Å². The van der Waals surface area contributed by atoms with Crippen LogP contribution in [0.15, 0.2) is 48.5 Å². The Morgan fingerprint density at radius 3 is 1.49 bits per heavy atom. The molecule has 43 heavy (non-hydrogen) atoms. The van der Waals surface area contributed by atoms with E-state index in [1.807, 2.05) is 90.1 Å². The van der Waals surface area contributed by atoms with E-state index in [1.54, 1.807) is 20.8 Å². The number of esters is 1. The Hall–Kier alpha value is -3.14. The van der Waals surface area contributed by atoms with E-state index < -0.39 is 35.9 Å². The molecule has 1 amide bonds. The third-order valence-corrected chi connectivity index (χ3v) is 6.11. The predicted molar refractivity (Wildman–Crippen MR) is 168 cm³/mol. The second-order valence-corrected chi connectivity index (χ2v) is 13.7. The first-order valence-electron chi connectivity index (χ1n) is 14.7. The minimum atomic E-state index is -0.984. The first kappa shape index (κ1) is 36.1. The fourth-order valence-corrected chi connectivity index (χ4v) is 4.34. The minimum absolute atomic E-state index is 0.0208. The van der Waals surface area contributed by atoms with Gasteiger partial charge >= 0.3 is 5.97 Å². The molecule has 0 spiro atoms. The van der Waals surface area contributed by atoms with E-state index in [4.69, 9.17) is 29.4 Å². The van der Waals surface area contributed by atoms with E-state index >= 15 is 0 Å². The van der Waals surface area contributed by atoms with Gasteiger partial charge in [-0.15, -0.1) is 0 Å².